The van der Waals surface area contributed by atoms with Crippen LogP contribution < -0.4 is 10.2 Å². The van der Waals surface area contributed by atoms with Crippen LogP contribution in [-0.2, 0) is 4.65 Å². The van der Waals surface area contributed by atoms with Crippen molar-refractivity contribution >= 4 is 18.3 Å². The van der Waals surface area contributed by atoms with Crippen LogP contribution in [0.5, 0.6) is 5.75 Å². The van der Waals surface area contributed by atoms with Crippen LogP contribution >= 0.6 is 0 Å². The first-order chi connectivity index (χ1) is 10.6. The maximum atomic E-state index is 12.3. The molecule has 24 heavy (non-hydrogen) atoms. The number of nitrogens with zero attached hydrogens (tertiary/aromatic N) is 1. The van der Waals surface area contributed by atoms with Crippen molar-refractivity contribution in [1.82, 2.24) is 0 Å². The molecule has 0 aromatic heterocycles. The minimum atomic E-state index is -5.09. The molecule has 0 saturated heterocycles. The number of halogens is 3. The van der Waals surface area contributed by atoms with E-state index in [0.717, 1.165) is 6.07 Å². The quantitative estimate of drug-likeness (QED) is 0.460. The van der Waals surface area contributed by atoms with E-state index in [2.05, 4.69) is 4.74 Å². The minimum absolute atomic E-state index is 0.159. The molecule has 0 bridgehead atoms. The summed E-state index contributed by atoms with van der Waals surface area (Å²) in [7, 11) is -1.70. The van der Waals surface area contributed by atoms with Gasteiger partial charge in [-0.15, -0.1) is 13.2 Å². The number of hydrogen-bond acceptors (Lipinski definition) is 6. The molecule has 0 spiro atoms. The molecule has 0 aliphatic rings. The highest BCUT2D eigenvalue weighted by Gasteiger charge is 2.40. The van der Waals surface area contributed by atoms with Crippen LogP contribution in [0.15, 0.2) is 18.2 Å². The lowest BCUT2D eigenvalue weighted by atomic mass is 9.76. The van der Waals surface area contributed by atoms with Gasteiger partial charge >= 0.3 is 19.2 Å². The van der Waals surface area contributed by atoms with Crippen LogP contribution in [-0.4, -0.2) is 39.7 Å². The van der Waals surface area contributed by atoms with Gasteiger partial charge in [0.25, 0.3) is 0 Å². The Kier molecular flexibility index (Phi) is 5.53. The van der Waals surface area contributed by atoms with Crippen molar-refractivity contribution in [3.8, 4) is 5.75 Å². The highest BCUT2D eigenvalue weighted by Crippen LogP contribution is 2.31. The number of nitro groups is 1. The van der Waals surface area contributed by atoms with E-state index in [1.165, 1.54) is 27.7 Å². The number of aliphatic hydroxyl groups is 1. The maximum absolute atomic E-state index is 12.3. The average molecular weight is 351 g/mol. The number of benzene rings is 1. The second kappa shape index (κ2) is 6.57. The molecule has 11 heteroatoms. The van der Waals surface area contributed by atoms with E-state index >= 15 is 0 Å². The van der Waals surface area contributed by atoms with E-state index in [1.807, 2.05) is 0 Å². The van der Waals surface area contributed by atoms with Crippen LogP contribution in [0.25, 0.3) is 0 Å². The van der Waals surface area contributed by atoms with E-state index in [1.54, 1.807) is 0 Å². The van der Waals surface area contributed by atoms with Gasteiger partial charge in [-0.3, -0.25) is 10.1 Å². The first-order valence-corrected chi connectivity index (χ1v) is 6.76. The number of hydrogen-bond donors (Lipinski definition) is 2. The van der Waals surface area contributed by atoms with Crippen LogP contribution in [0.2, 0.25) is 0 Å². The molecule has 7 nitrogen and oxygen atoms in total. The van der Waals surface area contributed by atoms with Gasteiger partial charge in [0.1, 0.15) is 0 Å². The van der Waals surface area contributed by atoms with Gasteiger partial charge in [-0.25, -0.2) is 0 Å². The second-order valence-electron chi connectivity index (χ2n) is 6.07. The summed E-state index contributed by atoms with van der Waals surface area (Å²) in [5.74, 6) is -1.01. The second-order valence-corrected chi connectivity index (χ2v) is 6.07. The summed E-state index contributed by atoms with van der Waals surface area (Å²) < 4.78 is 45.6. The monoisotopic (exact) mass is 351 g/mol. The molecule has 1 rings (SSSR count). The lowest BCUT2D eigenvalue weighted by molar-refractivity contribution is -0.388. The highest BCUT2D eigenvalue weighted by atomic mass is 19.4. The Labute approximate surface area is 136 Å². The number of alkyl halides is 3. The van der Waals surface area contributed by atoms with Gasteiger partial charge in [0.2, 0.25) is 5.75 Å². The van der Waals surface area contributed by atoms with Crippen molar-refractivity contribution in [2.75, 3.05) is 0 Å². The van der Waals surface area contributed by atoms with E-state index in [9.17, 15) is 33.4 Å². The third kappa shape index (κ3) is 5.08. The van der Waals surface area contributed by atoms with E-state index in [4.69, 9.17) is 4.65 Å². The van der Waals surface area contributed by atoms with E-state index in [-0.39, 0.29) is 5.46 Å². The molecule has 0 heterocycles. The van der Waals surface area contributed by atoms with Crippen LogP contribution in [0.1, 0.15) is 27.7 Å². The molecule has 134 valence electrons. The Morgan fingerprint density at radius 1 is 1.21 bits per heavy atom. The Hall–Kier alpha value is -1.85. The van der Waals surface area contributed by atoms with Gasteiger partial charge in [-0.1, -0.05) is 6.07 Å². The highest BCUT2D eigenvalue weighted by molar-refractivity contribution is 6.60. The van der Waals surface area contributed by atoms with Crippen LogP contribution in [0.3, 0.4) is 0 Å². The summed E-state index contributed by atoms with van der Waals surface area (Å²) in [6.45, 7) is 5.82. The molecule has 0 atom stereocenters. The lowest BCUT2D eigenvalue weighted by Gasteiger charge is -2.38. The first kappa shape index (κ1) is 20.2. The zero-order valence-corrected chi connectivity index (χ0v) is 13.4. The molecular formula is C13H17BF3NO6. The first-order valence-electron chi connectivity index (χ1n) is 6.76. The van der Waals surface area contributed by atoms with Gasteiger partial charge in [-0.05, 0) is 39.2 Å². The van der Waals surface area contributed by atoms with Crippen molar-refractivity contribution in [3.05, 3.63) is 28.3 Å². The fraction of sp³-hybridized carbons (Fsp3) is 0.538. The molecule has 0 aliphatic carbocycles. The lowest BCUT2D eigenvalue weighted by Crippen LogP contribution is -2.53. The summed E-state index contributed by atoms with van der Waals surface area (Å²) in [5, 5.41) is 30.9. The fourth-order valence-electron chi connectivity index (χ4n) is 1.53. The molecule has 0 aliphatic heterocycles. The molecule has 0 amide bonds. The maximum Gasteiger partial charge on any atom is 0.573 e. The Morgan fingerprint density at radius 3 is 2.17 bits per heavy atom. The molecule has 2 N–H and O–H groups in total. The third-order valence-corrected chi connectivity index (χ3v) is 3.57. The normalized spacial score (nSPS) is 12.9. The number of ether oxygens (including phenoxy) is 1. The topological polar surface area (TPSA) is 102 Å². The van der Waals surface area contributed by atoms with Crippen molar-refractivity contribution in [2.24, 2.45) is 0 Å². The van der Waals surface area contributed by atoms with Crippen molar-refractivity contribution in [3.63, 3.8) is 0 Å². The Morgan fingerprint density at radius 2 is 1.75 bits per heavy atom. The summed E-state index contributed by atoms with van der Waals surface area (Å²) in [6.07, 6.45) is -5.09. The zero-order chi connectivity index (χ0) is 18.9. The summed E-state index contributed by atoms with van der Waals surface area (Å²) in [5.41, 5.74) is -3.75. The predicted molar refractivity (Wildman–Crippen MR) is 78.8 cm³/mol. The standard InChI is InChI=1S/C13H17BF3NO6/c1-11(2,19)12(3,4)24-14(20)8-5-6-10(23-13(15,16)17)9(7-8)18(21)22/h5-7,19-20H,1-4H3. The molecular weight excluding hydrogens is 334 g/mol. The summed E-state index contributed by atoms with van der Waals surface area (Å²) in [6, 6.07) is 2.43. The van der Waals surface area contributed by atoms with E-state index < -0.39 is 41.0 Å². The summed E-state index contributed by atoms with van der Waals surface area (Å²) >= 11 is 0. The molecule has 1 aromatic rings. The van der Waals surface area contributed by atoms with Crippen molar-refractivity contribution < 1.29 is 37.6 Å². The third-order valence-electron chi connectivity index (χ3n) is 3.57. The Bertz CT molecular complexity index is 615. The molecule has 0 radical (unpaired) electrons. The molecule has 0 fully saturated rings. The number of rotatable bonds is 6. The number of nitro benzene ring substituents is 1. The van der Waals surface area contributed by atoms with Crippen LogP contribution in [0.4, 0.5) is 18.9 Å². The Balaban J connectivity index is 3.14. The van der Waals surface area contributed by atoms with Crippen molar-refractivity contribution in [2.45, 2.75) is 45.3 Å². The van der Waals surface area contributed by atoms with Crippen LogP contribution in [0, 0.1) is 10.1 Å². The molecule has 0 unspecified atom stereocenters. The van der Waals surface area contributed by atoms with Gasteiger partial charge in [0, 0.05) is 6.07 Å². The smallest absolute Gasteiger partial charge is 0.423 e. The van der Waals surface area contributed by atoms with E-state index in [0.29, 0.717) is 12.1 Å². The molecule has 1 aromatic carbocycles. The largest absolute Gasteiger partial charge is 0.573 e. The van der Waals surface area contributed by atoms with Gasteiger partial charge in [0.05, 0.1) is 16.1 Å². The minimum Gasteiger partial charge on any atom is -0.423 e. The van der Waals surface area contributed by atoms with Gasteiger partial charge in [0.15, 0.2) is 0 Å². The molecule has 0 saturated carbocycles. The average Bonchev–Trinajstić information content (AvgIpc) is 2.34. The summed E-state index contributed by atoms with van der Waals surface area (Å²) in [4.78, 5) is 9.85. The SMILES string of the molecule is CC(C)(O)C(C)(C)OB(O)c1ccc(OC(F)(F)F)c([N+](=O)[O-])c1. The van der Waals surface area contributed by atoms with Gasteiger partial charge in [-0.2, -0.15) is 0 Å². The predicted octanol–water partition coefficient (Wildman–Crippen LogP) is 1.75. The van der Waals surface area contributed by atoms with Crippen molar-refractivity contribution in [1.29, 1.82) is 0 Å². The zero-order valence-electron chi connectivity index (χ0n) is 13.4. The van der Waals surface area contributed by atoms with Gasteiger partial charge < -0.3 is 19.5 Å². The fourth-order valence-corrected chi connectivity index (χ4v) is 1.53.